The highest BCUT2D eigenvalue weighted by atomic mass is 19.1. The maximum absolute atomic E-state index is 13.6. The van der Waals surface area contributed by atoms with Gasteiger partial charge in [-0.1, -0.05) is 6.92 Å². The minimum absolute atomic E-state index is 0.245. The molecule has 2 rings (SSSR count). The molecule has 0 radical (unpaired) electrons. The number of likely N-dealkylation sites (tertiary alicyclic amines) is 1. The fraction of sp³-hybridized carbons (Fsp3) is 0.533. The van der Waals surface area contributed by atoms with Crippen molar-refractivity contribution >= 4 is 0 Å². The molecule has 0 aliphatic carbocycles. The van der Waals surface area contributed by atoms with Gasteiger partial charge >= 0.3 is 0 Å². The van der Waals surface area contributed by atoms with E-state index >= 15 is 0 Å². The Balaban J connectivity index is 1.87. The van der Waals surface area contributed by atoms with Crippen molar-refractivity contribution in [1.29, 1.82) is 5.26 Å². The summed E-state index contributed by atoms with van der Waals surface area (Å²) in [5, 5.41) is 12.1. The quantitative estimate of drug-likeness (QED) is 0.883. The van der Waals surface area contributed by atoms with Gasteiger partial charge < -0.3 is 5.32 Å². The molecular weight excluding hydrogens is 241 g/mol. The number of nitriles is 1. The molecule has 0 amide bonds. The zero-order valence-electron chi connectivity index (χ0n) is 11.3. The van der Waals surface area contributed by atoms with Gasteiger partial charge in [0, 0.05) is 24.7 Å². The molecule has 0 spiro atoms. The predicted molar refractivity (Wildman–Crippen MR) is 73.1 cm³/mol. The van der Waals surface area contributed by atoms with Gasteiger partial charge in [0.1, 0.15) is 5.82 Å². The van der Waals surface area contributed by atoms with Crippen molar-refractivity contribution in [2.45, 2.75) is 32.4 Å². The summed E-state index contributed by atoms with van der Waals surface area (Å²) in [5.74, 6) is -0.245. The zero-order valence-corrected chi connectivity index (χ0v) is 11.3. The molecule has 19 heavy (non-hydrogen) atoms. The van der Waals surface area contributed by atoms with E-state index in [1.807, 2.05) is 6.07 Å². The van der Waals surface area contributed by atoms with Crippen LogP contribution in [0.2, 0.25) is 0 Å². The van der Waals surface area contributed by atoms with Crippen molar-refractivity contribution in [3.63, 3.8) is 0 Å². The maximum atomic E-state index is 13.6. The van der Waals surface area contributed by atoms with E-state index in [0.717, 1.165) is 13.1 Å². The molecule has 1 aromatic carbocycles. The lowest BCUT2D eigenvalue weighted by Crippen LogP contribution is -2.37. The first kappa shape index (κ1) is 14.0. The first-order chi connectivity index (χ1) is 9.24. The summed E-state index contributed by atoms with van der Waals surface area (Å²) >= 11 is 0. The second kappa shape index (κ2) is 6.65. The Morgan fingerprint density at radius 2 is 2.37 bits per heavy atom. The van der Waals surface area contributed by atoms with Crippen LogP contribution >= 0.6 is 0 Å². The zero-order chi connectivity index (χ0) is 13.7. The van der Waals surface area contributed by atoms with Crippen molar-refractivity contribution in [3.8, 4) is 6.07 Å². The fourth-order valence-electron chi connectivity index (χ4n) is 2.70. The number of benzene rings is 1. The lowest BCUT2D eigenvalue weighted by atomic mass is 10.1. The standard InChI is InChI=1S/C15H20FN3/c1-2-19-7-3-4-14(19)11-18-10-13-8-12(9-17)5-6-15(13)16/h5-6,8,14,18H,2-4,7,10-11H2,1H3. The van der Waals surface area contributed by atoms with Crippen LogP contribution in [0.1, 0.15) is 30.9 Å². The van der Waals surface area contributed by atoms with E-state index in [2.05, 4.69) is 17.1 Å². The van der Waals surface area contributed by atoms with Crippen molar-refractivity contribution in [2.24, 2.45) is 0 Å². The molecule has 0 aromatic heterocycles. The average Bonchev–Trinajstić information content (AvgIpc) is 2.88. The van der Waals surface area contributed by atoms with Crippen molar-refractivity contribution in [2.75, 3.05) is 19.6 Å². The van der Waals surface area contributed by atoms with Gasteiger partial charge in [-0.15, -0.1) is 0 Å². The van der Waals surface area contributed by atoms with Crippen molar-refractivity contribution in [3.05, 3.63) is 35.1 Å². The van der Waals surface area contributed by atoms with Crippen LogP contribution in [-0.2, 0) is 6.54 Å². The summed E-state index contributed by atoms with van der Waals surface area (Å²) in [6.45, 7) is 5.78. The topological polar surface area (TPSA) is 39.1 Å². The predicted octanol–water partition coefficient (Wildman–Crippen LogP) is 2.27. The Bertz CT molecular complexity index is 467. The molecule has 0 bridgehead atoms. The molecule has 4 heteroatoms. The molecule has 0 saturated carbocycles. The second-order valence-corrected chi connectivity index (χ2v) is 4.97. The fourth-order valence-corrected chi connectivity index (χ4v) is 2.70. The van der Waals surface area contributed by atoms with E-state index in [4.69, 9.17) is 5.26 Å². The van der Waals surface area contributed by atoms with Gasteiger partial charge in [0.15, 0.2) is 0 Å². The first-order valence-electron chi connectivity index (χ1n) is 6.88. The highest BCUT2D eigenvalue weighted by Gasteiger charge is 2.22. The number of likely N-dealkylation sites (N-methyl/N-ethyl adjacent to an activating group) is 1. The smallest absolute Gasteiger partial charge is 0.127 e. The van der Waals surface area contributed by atoms with Gasteiger partial charge in [-0.25, -0.2) is 4.39 Å². The number of hydrogen-bond donors (Lipinski definition) is 1. The third kappa shape index (κ3) is 3.52. The Morgan fingerprint density at radius 1 is 1.53 bits per heavy atom. The molecular formula is C15H20FN3. The summed E-state index contributed by atoms with van der Waals surface area (Å²) in [6, 6.07) is 7.09. The van der Waals surface area contributed by atoms with E-state index in [1.165, 1.54) is 31.5 Å². The third-order valence-corrected chi connectivity index (χ3v) is 3.78. The Kier molecular flexibility index (Phi) is 4.89. The summed E-state index contributed by atoms with van der Waals surface area (Å²) in [7, 11) is 0. The minimum atomic E-state index is -0.245. The third-order valence-electron chi connectivity index (χ3n) is 3.78. The molecule has 1 atom stereocenters. The molecule has 1 N–H and O–H groups in total. The molecule has 3 nitrogen and oxygen atoms in total. The van der Waals surface area contributed by atoms with Crippen LogP contribution in [0, 0.1) is 17.1 Å². The second-order valence-electron chi connectivity index (χ2n) is 4.97. The molecule has 1 aliphatic heterocycles. The van der Waals surface area contributed by atoms with E-state index in [-0.39, 0.29) is 5.82 Å². The normalized spacial score (nSPS) is 19.5. The summed E-state index contributed by atoms with van der Waals surface area (Å²) in [6.07, 6.45) is 2.46. The van der Waals surface area contributed by atoms with Gasteiger partial charge in [0.25, 0.3) is 0 Å². The SMILES string of the molecule is CCN1CCCC1CNCc1cc(C#N)ccc1F. The summed E-state index contributed by atoms with van der Waals surface area (Å²) in [4.78, 5) is 2.45. The van der Waals surface area contributed by atoms with Gasteiger partial charge in [-0.05, 0) is 44.1 Å². The van der Waals surface area contributed by atoms with E-state index in [0.29, 0.717) is 23.7 Å². The minimum Gasteiger partial charge on any atom is -0.311 e. The highest BCUT2D eigenvalue weighted by Crippen LogP contribution is 2.16. The Labute approximate surface area is 114 Å². The number of nitrogens with one attached hydrogen (secondary N) is 1. The maximum Gasteiger partial charge on any atom is 0.127 e. The first-order valence-corrected chi connectivity index (χ1v) is 6.88. The summed E-state index contributed by atoms with van der Waals surface area (Å²) in [5.41, 5.74) is 1.08. The van der Waals surface area contributed by atoms with E-state index in [9.17, 15) is 4.39 Å². The molecule has 1 heterocycles. The average molecular weight is 261 g/mol. The van der Waals surface area contributed by atoms with Crippen LogP contribution in [0.15, 0.2) is 18.2 Å². The van der Waals surface area contributed by atoms with Gasteiger partial charge in [0.05, 0.1) is 11.6 Å². The number of halogens is 1. The number of nitrogens with zero attached hydrogens (tertiary/aromatic N) is 2. The van der Waals surface area contributed by atoms with Gasteiger partial charge in [-0.2, -0.15) is 5.26 Å². The lowest BCUT2D eigenvalue weighted by molar-refractivity contribution is 0.259. The Morgan fingerprint density at radius 3 is 3.11 bits per heavy atom. The molecule has 102 valence electrons. The van der Waals surface area contributed by atoms with E-state index < -0.39 is 0 Å². The van der Waals surface area contributed by atoms with Crippen LogP contribution in [0.25, 0.3) is 0 Å². The van der Waals surface area contributed by atoms with Crippen LogP contribution in [0.3, 0.4) is 0 Å². The molecule has 1 unspecified atom stereocenters. The number of rotatable bonds is 5. The van der Waals surface area contributed by atoms with Gasteiger partial charge in [-0.3, -0.25) is 4.90 Å². The number of hydrogen-bond acceptors (Lipinski definition) is 3. The molecule has 1 aliphatic rings. The van der Waals surface area contributed by atoms with Gasteiger partial charge in [0.2, 0.25) is 0 Å². The van der Waals surface area contributed by atoms with E-state index in [1.54, 1.807) is 6.07 Å². The highest BCUT2D eigenvalue weighted by molar-refractivity contribution is 5.33. The van der Waals surface area contributed by atoms with Crippen LogP contribution in [-0.4, -0.2) is 30.6 Å². The van der Waals surface area contributed by atoms with Crippen LogP contribution < -0.4 is 5.32 Å². The lowest BCUT2D eigenvalue weighted by Gasteiger charge is -2.23. The monoisotopic (exact) mass is 261 g/mol. The molecule has 1 aromatic rings. The van der Waals surface area contributed by atoms with Crippen molar-refractivity contribution < 1.29 is 4.39 Å². The van der Waals surface area contributed by atoms with Crippen molar-refractivity contribution in [1.82, 2.24) is 10.2 Å². The Hall–Kier alpha value is -1.44. The largest absolute Gasteiger partial charge is 0.311 e. The van der Waals surface area contributed by atoms with Crippen LogP contribution in [0.4, 0.5) is 4.39 Å². The van der Waals surface area contributed by atoms with Crippen LogP contribution in [0.5, 0.6) is 0 Å². The molecule has 1 saturated heterocycles. The molecule has 1 fully saturated rings. The summed E-state index contributed by atoms with van der Waals surface area (Å²) < 4.78 is 13.6.